The molecular formula is C17H19N5O. The molecule has 1 fully saturated rings. The third-order valence-electron chi connectivity index (χ3n) is 4.56. The van der Waals surface area contributed by atoms with Crippen molar-refractivity contribution in [3.8, 4) is 0 Å². The smallest absolute Gasteiger partial charge is 0.260 e. The second-order valence-corrected chi connectivity index (χ2v) is 6.20. The summed E-state index contributed by atoms with van der Waals surface area (Å²) in [5, 5.41) is 3.41. The third kappa shape index (κ3) is 2.66. The van der Waals surface area contributed by atoms with Crippen LogP contribution in [0, 0.1) is 0 Å². The van der Waals surface area contributed by atoms with Crippen LogP contribution in [0.4, 0.5) is 11.5 Å². The molecule has 2 atom stereocenters. The van der Waals surface area contributed by atoms with Gasteiger partial charge in [-0.3, -0.25) is 9.78 Å². The Morgan fingerprint density at radius 3 is 2.83 bits per heavy atom. The normalized spacial score (nSPS) is 23.2. The molecule has 6 nitrogen and oxygen atoms in total. The van der Waals surface area contributed by atoms with Crippen molar-refractivity contribution in [3.05, 3.63) is 47.9 Å². The van der Waals surface area contributed by atoms with E-state index in [9.17, 15) is 4.79 Å². The first-order chi connectivity index (χ1) is 11.2. The van der Waals surface area contributed by atoms with Crippen molar-refractivity contribution in [2.45, 2.75) is 37.9 Å². The number of carbonyl (C=O) groups excluding carboxylic acids is 1. The van der Waals surface area contributed by atoms with Gasteiger partial charge in [-0.05, 0) is 43.5 Å². The second-order valence-electron chi connectivity index (χ2n) is 6.20. The van der Waals surface area contributed by atoms with Gasteiger partial charge in [0.05, 0.1) is 29.7 Å². The molecular weight excluding hydrogens is 290 g/mol. The lowest BCUT2D eigenvalue weighted by atomic mass is 10.2. The molecule has 1 saturated carbocycles. The summed E-state index contributed by atoms with van der Waals surface area (Å²) in [5.41, 5.74) is 8.22. The van der Waals surface area contributed by atoms with Gasteiger partial charge in [-0.2, -0.15) is 0 Å². The summed E-state index contributed by atoms with van der Waals surface area (Å²) in [4.78, 5) is 22.8. The Kier molecular flexibility index (Phi) is 3.46. The SMILES string of the molecule is N[C@H]1CC[C@H](Nc2ccc(N3Cc4ncccc4C3=O)cn2)C1. The van der Waals surface area contributed by atoms with Crippen molar-refractivity contribution in [3.63, 3.8) is 0 Å². The molecule has 0 radical (unpaired) electrons. The zero-order chi connectivity index (χ0) is 15.8. The molecule has 0 unspecified atom stereocenters. The van der Waals surface area contributed by atoms with Gasteiger partial charge in [0.1, 0.15) is 5.82 Å². The lowest BCUT2D eigenvalue weighted by Crippen LogP contribution is -2.23. The van der Waals surface area contributed by atoms with Crippen LogP contribution in [-0.4, -0.2) is 28.0 Å². The highest BCUT2D eigenvalue weighted by atomic mass is 16.2. The Hall–Kier alpha value is -2.47. The van der Waals surface area contributed by atoms with Gasteiger partial charge in [0.2, 0.25) is 0 Å². The molecule has 23 heavy (non-hydrogen) atoms. The fraction of sp³-hybridized carbons (Fsp3) is 0.353. The number of fused-ring (bicyclic) bond motifs is 1. The van der Waals surface area contributed by atoms with Gasteiger partial charge in [0.25, 0.3) is 5.91 Å². The van der Waals surface area contributed by atoms with E-state index in [1.165, 1.54) is 0 Å². The molecule has 118 valence electrons. The van der Waals surface area contributed by atoms with Gasteiger partial charge in [-0.1, -0.05) is 0 Å². The lowest BCUT2D eigenvalue weighted by Gasteiger charge is -2.17. The lowest BCUT2D eigenvalue weighted by molar-refractivity contribution is 0.0996. The monoisotopic (exact) mass is 309 g/mol. The summed E-state index contributed by atoms with van der Waals surface area (Å²) in [6.45, 7) is 0.501. The average Bonchev–Trinajstić information content (AvgIpc) is 3.12. The Morgan fingerprint density at radius 1 is 1.22 bits per heavy atom. The Bertz CT molecular complexity index is 730. The molecule has 1 amide bonds. The fourth-order valence-corrected chi connectivity index (χ4v) is 3.32. The van der Waals surface area contributed by atoms with Crippen LogP contribution in [-0.2, 0) is 6.54 Å². The van der Waals surface area contributed by atoms with E-state index in [0.29, 0.717) is 24.2 Å². The highest BCUT2D eigenvalue weighted by Crippen LogP contribution is 2.27. The van der Waals surface area contributed by atoms with Gasteiger partial charge < -0.3 is 16.0 Å². The van der Waals surface area contributed by atoms with Crippen LogP contribution < -0.4 is 16.0 Å². The summed E-state index contributed by atoms with van der Waals surface area (Å²) in [6, 6.07) is 8.14. The molecule has 2 aliphatic rings. The molecule has 0 bridgehead atoms. The van der Waals surface area contributed by atoms with Crippen LogP contribution in [0.25, 0.3) is 0 Å². The van der Waals surface area contributed by atoms with Gasteiger partial charge in [-0.25, -0.2) is 4.98 Å². The first-order valence-corrected chi connectivity index (χ1v) is 7.94. The highest BCUT2D eigenvalue weighted by molar-refractivity contribution is 6.09. The Labute approximate surface area is 134 Å². The number of carbonyl (C=O) groups is 1. The number of hydrogen-bond donors (Lipinski definition) is 2. The van der Waals surface area contributed by atoms with E-state index in [-0.39, 0.29) is 5.91 Å². The van der Waals surface area contributed by atoms with Crippen LogP contribution in [0.3, 0.4) is 0 Å². The fourth-order valence-electron chi connectivity index (χ4n) is 3.32. The average molecular weight is 309 g/mol. The molecule has 0 spiro atoms. The third-order valence-corrected chi connectivity index (χ3v) is 4.56. The number of pyridine rings is 2. The van der Waals surface area contributed by atoms with E-state index in [0.717, 1.165) is 36.5 Å². The van der Waals surface area contributed by atoms with Crippen LogP contribution >= 0.6 is 0 Å². The number of nitrogens with one attached hydrogen (secondary N) is 1. The molecule has 4 rings (SSSR count). The zero-order valence-corrected chi connectivity index (χ0v) is 12.8. The van der Waals surface area contributed by atoms with Crippen molar-refractivity contribution < 1.29 is 4.79 Å². The van der Waals surface area contributed by atoms with Gasteiger partial charge in [0.15, 0.2) is 0 Å². The minimum Gasteiger partial charge on any atom is -0.367 e. The van der Waals surface area contributed by atoms with Crippen LogP contribution in [0.2, 0.25) is 0 Å². The topological polar surface area (TPSA) is 84.1 Å². The van der Waals surface area contributed by atoms with Crippen molar-refractivity contribution >= 4 is 17.4 Å². The molecule has 2 aromatic heterocycles. The molecule has 1 aliphatic heterocycles. The molecule has 2 aromatic rings. The number of amides is 1. The van der Waals surface area contributed by atoms with Crippen LogP contribution in [0.1, 0.15) is 35.3 Å². The molecule has 3 heterocycles. The van der Waals surface area contributed by atoms with Gasteiger partial charge >= 0.3 is 0 Å². The predicted molar refractivity (Wildman–Crippen MR) is 88.2 cm³/mol. The highest BCUT2D eigenvalue weighted by Gasteiger charge is 2.29. The maximum Gasteiger partial charge on any atom is 0.260 e. The number of nitrogens with two attached hydrogens (primary N) is 1. The zero-order valence-electron chi connectivity index (χ0n) is 12.8. The minimum atomic E-state index is -0.0163. The first kappa shape index (κ1) is 14.1. The second kappa shape index (κ2) is 5.62. The van der Waals surface area contributed by atoms with E-state index < -0.39 is 0 Å². The number of nitrogens with zero attached hydrogens (tertiary/aromatic N) is 3. The standard InChI is InChI=1S/C17H19N5O/c18-11-3-4-12(8-11)21-16-6-5-13(9-20-16)22-10-15-14(17(22)23)2-1-7-19-15/h1-2,5-7,9,11-12H,3-4,8,10,18H2,(H,20,21)/t11-,12-/m0/s1. The largest absolute Gasteiger partial charge is 0.367 e. The maximum atomic E-state index is 12.4. The molecule has 3 N–H and O–H groups in total. The van der Waals surface area contributed by atoms with Gasteiger partial charge in [0, 0.05) is 18.3 Å². The Balaban J connectivity index is 1.48. The van der Waals surface area contributed by atoms with Gasteiger partial charge in [-0.15, -0.1) is 0 Å². The summed E-state index contributed by atoms with van der Waals surface area (Å²) in [5.74, 6) is 0.813. The molecule has 0 saturated heterocycles. The summed E-state index contributed by atoms with van der Waals surface area (Å²) < 4.78 is 0. The summed E-state index contributed by atoms with van der Waals surface area (Å²) in [6.07, 6.45) is 6.57. The number of hydrogen-bond acceptors (Lipinski definition) is 5. The number of rotatable bonds is 3. The Morgan fingerprint density at radius 2 is 2.13 bits per heavy atom. The van der Waals surface area contributed by atoms with E-state index in [2.05, 4.69) is 15.3 Å². The minimum absolute atomic E-state index is 0.0163. The van der Waals surface area contributed by atoms with Crippen molar-refractivity contribution in [2.24, 2.45) is 5.73 Å². The van der Waals surface area contributed by atoms with E-state index >= 15 is 0 Å². The molecule has 1 aliphatic carbocycles. The maximum absolute atomic E-state index is 12.4. The van der Waals surface area contributed by atoms with E-state index in [1.807, 2.05) is 18.2 Å². The van der Waals surface area contributed by atoms with Crippen molar-refractivity contribution in [1.29, 1.82) is 0 Å². The first-order valence-electron chi connectivity index (χ1n) is 7.94. The van der Waals surface area contributed by atoms with E-state index in [1.54, 1.807) is 23.4 Å². The van der Waals surface area contributed by atoms with E-state index in [4.69, 9.17) is 5.73 Å². The van der Waals surface area contributed by atoms with Crippen molar-refractivity contribution in [2.75, 3.05) is 10.2 Å². The molecule has 6 heteroatoms. The number of aromatic nitrogens is 2. The summed E-state index contributed by atoms with van der Waals surface area (Å²) in [7, 11) is 0. The number of anilines is 2. The molecule has 0 aromatic carbocycles. The van der Waals surface area contributed by atoms with Crippen molar-refractivity contribution in [1.82, 2.24) is 9.97 Å². The predicted octanol–water partition coefficient (Wildman–Crippen LogP) is 1.93. The summed E-state index contributed by atoms with van der Waals surface area (Å²) >= 11 is 0. The quantitative estimate of drug-likeness (QED) is 0.905. The van der Waals surface area contributed by atoms with Crippen LogP contribution in [0.15, 0.2) is 36.7 Å². The van der Waals surface area contributed by atoms with Crippen LogP contribution in [0.5, 0.6) is 0 Å².